The van der Waals surface area contributed by atoms with Crippen LogP contribution in [0.3, 0.4) is 0 Å². The summed E-state index contributed by atoms with van der Waals surface area (Å²) in [7, 11) is 3.19. The van der Waals surface area contributed by atoms with Crippen molar-refractivity contribution in [1.82, 2.24) is 14.6 Å². The second-order valence-corrected chi connectivity index (χ2v) is 7.44. The maximum atomic E-state index is 12.8. The summed E-state index contributed by atoms with van der Waals surface area (Å²) < 4.78 is 12.5. The van der Waals surface area contributed by atoms with E-state index in [1.54, 1.807) is 32.4 Å². The topological polar surface area (TPSA) is 65.7 Å². The highest BCUT2D eigenvalue weighted by Crippen LogP contribution is 2.24. The van der Waals surface area contributed by atoms with Crippen LogP contribution in [0, 0.1) is 6.92 Å². The molecular weight excluding hydrogens is 386 g/mol. The van der Waals surface area contributed by atoms with E-state index >= 15 is 0 Å². The number of methoxy groups -OCH3 is 2. The average Bonchev–Trinajstić information content (AvgIpc) is 3.26. The molecule has 0 aliphatic carbocycles. The van der Waals surface area contributed by atoms with Crippen molar-refractivity contribution < 1.29 is 9.47 Å². The van der Waals surface area contributed by atoms with Crippen LogP contribution in [-0.2, 0) is 0 Å². The Kier molecular flexibility index (Phi) is 5.14. The highest BCUT2D eigenvalue weighted by molar-refractivity contribution is 7.15. The highest BCUT2D eigenvalue weighted by atomic mass is 32.1. The molecule has 0 aliphatic heterocycles. The van der Waals surface area contributed by atoms with Crippen LogP contribution in [0.25, 0.3) is 23.2 Å². The molecule has 0 N–H and O–H groups in total. The third-order valence-electron chi connectivity index (χ3n) is 4.42. The summed E-state index contributed by atoms with van der Waals surface area (Å²) in [5.41, 5.74) is 2.80. The Bertz CT molecular complexity index is 1300. The molecule has 0 spiro atoms. The van der Waals surface area contributed by atoms with Gasteiger partial charge in [0.25, 0.3) is 5.56 Å². The predicted molar refractivity (Wildman–Crippen MR) is 116 cm³/mol. The smallest absolute Gasteiger partial charge is 0.291 e. The summed E-state index contributed by atoms with van der Waals surface area (Å²) in [5, 5.41) is 4.32. The Hall–Kier alpha value is -3.45. The van der Waals surface area contributed by atoms with E-state index < -0.39 is 0 Å². The number of fused-ring (bicyclic) bond motifs is 1. The minimum atomic E-state index is -0.211. The molecule has 0 saturated carbocycles. The van der Waals surface area contributed by atoms with E-state index in [9.17, 15) is 4.79 Å². The fraction of sp³-hybridized carbons (Fsp3) is 0.136. The first kappa shape index (κ1) is 18.9. The Morgan fingerprint density at radius 1 is 1.03 bits per heavy atom. The Balaban J connectivity index is 1.69. The van der Waals surface area contributed by atoms with Gasteiger partial charge >= 0.3 is 0 Å². The molecule has 29 heavy (non-hydrogen) atoms. The van der Waals surface area contributed by atoms with Gasteiger partial charge in [0.2, 0.25) is 4.96 Å². The maximum Gasteiger partial charge on any atom is 0.291 e. The molecule has 4 aromatic rings. The lowest BCUT2D eigenvalue weighted by atomic mass is 10.1. The summed E-state index contributed by atoms with van der Waals surface area (Å²) >= 11 is 1.29. The maximum absolute atomic E-state index is 12.8. The third kappa shape index (κ3) is 3.90. The number of benzene rings is 2. The van der Waals surface area contributed by atoms with Gasteiger partial charge in [-0.25, -0.2) is 0 Å². The van der Waals surface area contributed by atoms with E-state index in [4.69, 9.17) is 9.47 Å². The van der Waals surface area contributed by atoms with Crippen molar-refractivity contribution in [1.29, 1.82) is 0 Å². The zero-order valence-electron chi connectivity index (χ0n) is 16.2. The third-order valence-corrected chi connectivity index (χ3v) is 5.38. The molecule has 0 fully saturated rings. The first-order valence-electron chi connectivity index (χ1n) is 8.95. The monoisotopic (exact) mass is 405 g/mol. The fourth-order valence-corrected chi connectivity index (χ4v) is 3.77. The number of thiazole rings is 1. The van der Waals surface area contributed by atoms with Crippen molar-refractivity contribution in [2.45, 2.75) is 6.92 Å². The van der Waals surface area contributed by atoms with E-state index in [1.165, 1.54) is 21.4 Å². The Morgan fingerprint density at radius 2 is 1.83 bits per heavy atom. The van der Waals surface area contributed by atoms with Gasteiger partial charge in [-0.1, -0.05) is 47.2 Å². The lowest BCUT2D eigenvalue weighted by Crippen LogP contribution is -2.23. The lowest BCUT2D eigenvalue weighted by molar-refractivity contribution is 0.402. The van der Waals surface area contributed by atoms with Gasteiger partial charge in [0.15, 0.2) is 5.82 Å². The molecule has 6 nitrogen and oxygen atoms in total. The summed E-state index contributed by atoms with van der Waals surface area (Å²) in [6.07, 6.45) is 5.50. The second kappa shape index (κ2) is 7.89. The molecule has 0 amide bonds. The van der Waals surface area contributed by atoms with Gasteiger partial charge in [0, 0.05) is 5.56 Å². The zero-order valence-corrected chi connectivity index (χ0v) is 17.1. The van der Waals surface area contributed by atoms with Gasteiger partial charge in [-0.05, 0) is 42.8 Å². The minimum absolute atomic E-state index is 0.211. The molecule has 2 aromatic heterocycles. The quantitative estimate of drug-likeness (QED) is 0.510. The van der Waals surface area contributed by atoms with Crippen LogP contribution < -0.4 is 19.6 Å². The average molecular weight is 405 g/mol. The molecule has 2 aromatic carbocycles. The number of hydrogen-bond donors (Lipinski definition) is 0. The zero-order chi connectivity index (χ0) is 20.4. The van der Waals surface area contributed by atoms with Crippen molar-refractivity contribution >= 4 is 34.5 Å². The normalized spacial score (nSPS) is 12.2. The van der Waals surface area contributed by atoms with E-state index in [-0.39, 0.29) is 5.56 Å². The lowest BCUT2D eigenvalue weighted by Gasteiger charge is -2.06. The molecular formula is C22H19N3O3S. The minimum Gasteiger partial charge on any atom is -0.497 e. The van der Waals surface area contributed by atoms with E-state index in [2.05, 4.69) is 10.1 Å². The van der Waals surface area contributed by atoms with Crippen LogP contribution in [0.1, 0.15) is 22.5 Å². The van der Waals surface area contributed by atoms with Crippen LogP contribution in [0.4, 0.5) is 0 Å². The number of aryl methyl sites for hydroxylation is 1. The van der Waals surface area contributed by atoms with Gasteiger partial charge in [-0.15, -0.1) is 5.10 Å². The van der Waals surface area contributed by atoms with E-state index in [1.807, 2.05) is 49.4 Å². The number of hydrogen-bond acceptors (Lipinski definition) is 6. The van der Waals surface area contributed by atoms with Gasteiger partial charge in [0.05, 0.1) is 18.8 Å². The number of nitrogens with zero attached hydrogens (tertiary/aromatic N) is 3. The van der Waals surface area contributed by atoms with Crippen LogP contribution in [0.2, 0.25) is 0 Å². The largest absolute Gasteiger partial charge is 0.497 e. The van der Waals surface area contributed by atoms with Gasteiger partial charge < -0.3 is 9.47 Å². The Morgan fingerprint density at radius 3 is 2.52 bits per heavy atom. The fourth-order valence-electron chi connectivity index (χ4n) is 2.86. The number of ether oxygens (including phenoxy) is 2. The van der Waals surface area contributed by atoms with Gasteiger partial charge in [0.1, 0.15) is 11.5 Å². The summed E-state index contributed by atoms with van der Waals surface area (Å²) in [4.78, 5) is 17.8. The summed E-state index contributed by atoms with van der Waals surface area (Å²) in [5.74, 6) is 1.85. The number of rotatable bonds is 5. The van der Waals surface area contributed by atoms with Crippen molar-refractivity contribution in [3.8, 4) is 11.5 Å². The molecule has 7 heteroatoms. The van der Waals surface area contributed by atoms with Crippen molar-refractivity contribution in [3.05, 3.63) is 79.9 Å². The van der Waals surface area contributed by atoms with Crippen molar-refractivity contribution in [2.24, 2.45) is 0 Å². The van der Waals surface area contributed by atoms with E-state index in [0.29, 0.717) is 26.8 Å². The first-order chi connectivity index (χ1) is 14.1. The predicted octanol–water partition coefficient (Wildman–Crippen LogP) is 3.19. The van der Waals surface area contributed by atoms with Crippen molar-refractivity contribution in [2.75, 3.05) is 14.2 Å². The summed E-state index contributed by atoms with van der Waals surface area (Å²) in [6.45, 7) is 2.05. The van der Waals surface area contributed by atoms with Crippen LogP contribution in [0.5, 0.6) is 11.5 Å². The standard InChI is InChI=1S/C22H19N3O3S/c1-14-4-6-15(7-5-14)8-11-20-23-22-25(24-20)21(26)19(29-22)13-16-12-17(27-2)9-10-18(16)28-3/h4-13H,1-3H3/b11-8+,19-13+. The Labute approximate surface area is 171 Å². The van der Waals surface area contributed by atoms with Gasteiger partial charge in [-0.2, -0.15) is 9.50 Å². The SMILES string of the molecule is COc1ccc(OC)c(/C=c2/sc3nc(/C=C/c4ccc(C)cc4)nn3c2=O)c1. The molecule has 0 radical (unpaired) electrons. The van der Waals surface area contributed by atoms with Gasteiger partial charge in [-0.3, -0.25) is 4.79 Å². The van der Waals surface area contributed by atoms with Crippen LogP contribution >= 0.6 is 11.3 Å². The molecule has 0 atom stereocenters. The summed E-state index contributed by atoms with van der Waals surface area (Å²) in [6, 6.07) is 13.6. The molecule has 146 valence electrons. The molecule has 4 rings (SSSR count). The first-order valence-corrected chi connectivity index (χ1v) is 9.77. The van der Waals surface area contributed by atoms with Crippen LogP contribution in [-0.4, -0.2) is 28.8 Å². The molecule has 2 heterocycles. The molecule has 0 aliphatic rings. The second-order valence-electron chi connectivity index (χ2n) is 6.43. The molecule has 0 saturated heterocycles. The molecule has 0 unspecified atom stereocenters. The van der Waals surface area contributed by atoms with Crippen molar-refractivity contribution in [3.63, 3.8) is 0 Å². The van der Waals surface area contributed by atoms with Crippen LogP contribution in [0.15, 0.2) is 47.3 Å². The molecule has 0 bridgehead atoms. The number of aromatic nitrogens is 3. The van der Waals surface area contributed by atoms with E-state index in [0.717, 1.165) is 11.1 Å². The highest BCUT2D eigenvalue weighted by Gasteiger charge is 2.10.